The summed E-state index contributed by atoms with van der Waals surface area (Å²) in [5.41, 5.74) is 0.645. The van der Waals surface area contributed by atoms with Gasteiger partial charge in [0.15, 0.2) is 11.5 Å². The van der Waals surface area contributed by atoms with Gasteiger partial charge < -0.3 is 14.7 Å². The fraction of sp³-hybridized carbons (Fsp3) is 0.417. The van der Waals surface area contributed by atoms with Gasteiger partial charge in [-0.3, -0.25) is 0 Å². The molecular weight excluding hydrogens is 242 g/mol. The number of ether oxygens (including phenoxy) is 2. The number of methoxy groups -OCH3 is 1. The lowest BCUT2D eigenvalue weighted by Crippen LogP contribution is -2.06. The average molecular weight is 258 g/mol. The molecule has 0 aliphatic rings. The van der Waals surface area contributed by atoms with Crippen LogP contribution in [0.2, 0.25) is 5.02 Å². The maximum Gasteiger partial charge on any atom is 0.179 e. The average Bonchev–Trinajstić information content (AvgIpc) is 2.27. The van der Waals surface area contributed by atoms with E-state index in [1.807, 2.05) is 13.8 Å². The number of halogens is 1. The zero-order valence-corrected chi connectivity index (χ0v) is 10.9. The first-order chi connectivity index (χ1) is 8.08. The smallest absolute Gasteiger partial charge is 0.179 e. The molecule has 1 rings (SSSR count). The molecule has 1 aromatic rings. The van der Waals surface area contributed by atoms with Crippen LogP contribution in [0.4, 0.5) is 0 Å². The predicted octanol–water partition coefficient (Wildman–Crippen LogP) is 3.19. The topological polar surface area (TPSA) is 51.0 Å². The molecule has 0 bridgehead atoms. The zero-order valence-electron chi connectivity index (χ0n) is 10.1. The standard InChI is InChI=1S/C12H16ClNO3/c1-8(2)7-17-12-10(13)4-9(6-14-15)5-11(12)16-3/h4-6,8,15H,7H2,1-3H3/b14-6+. The van der Waals surface area contributed by atoms with Gasteiger partial charge in [-0.25, -0.2) is 0 Å². The Kier molecular flexibility index (Phi) is 5.10. The predicted molar refractivity (Wildman–Crippen MR) is 67.7 cm³/mol. The maximum absolute atomic E-state index is 8.47. The van der Waals surface area contributed by atoms with Crippen molar-refractivity contribution in [3.05, 3.63) is 22.7 Å². The molecule has 4 nitrogen and oxygen atoms in total. The van der Waals surface area contributed by atoms with Gasteiger partial charge in [0.25, 0.3) is 0 Å². The van der Waals surface area contributed by atoms with E-state index in [0.717, 1.165) is 0 Å². The van der Waals surface area contributed by atoms with Crippen molar-refractivity contribution in [1.29, 1.82) is 0 Å². The van der Waals surface area contributed by atoms with Crippen LogP contribution >= 0.6 is 11.6 Å². The first-order valence-electron chi connectivity index (χ1n) is 5.26. The first kappa shape index (κ1) is 13.6. The van der Waals surface area contributed by atoms with Crippen LogP contribution in [-0.4, -0.2) is 25.1 Å². The van der Waals surface area contributed by atoms with E-state index < -0.39 is 0 Å². The summed E-state index contributed by atoms with van der Waals surface area (Å²) in [4.78, 5) is 0. The first-order valence-corrected chi connectivity index (χ1v) is 5.64. The van der Waals surface area contributed by atoms with Crippen molar-refractivity contribution < 1.29 is 14.7 Å². The summed E-state index contributed by atoms with van der Waals surface area (Å²) < 4.78 is 10.8. The third kappa shape index (κ3) is 3.82. The second kappa shape index (κ2) is 6.35. The van der Waals surface area contributed by atoms with Crippen molar-refractivity contribution in [2.24, 2.45) is 11.1 Å². The fourth-order valence-electron chi connectivity index (χ4n) is 1.27. The summed E-state index contributed by atoms with van der Waals surface area (Å²) in [6.07, 6.45) is 1.28. The van der Waals surface area contributed by atoms with E-state index in [9.17, 15) is 0 Å². The minimum atomic E-state index is 0.398. The van der Waals surface area contributed by atoms with E-state index in [4.69, 9.17) is 26.3 Å². The van der Waals surface area contributed by atoms with Gasteiger partial charge in [-0.15, -0.1) is 0 Å². The largest absolute Gasteiger partial charge is 0.493 e. The van der Waals surface area contributed by atoms with Crippen molar-refractivity contribution in [3.63, 3.8) is 0 Å². The lowest BCUT2D eigenvalue weighted by Gasteiger charge is -2.14. The highest BCUT2D eigenvalue weighted by atomic mass is 35.5. The molecule has 0 heterocycles. The van der Waals surface area contributed by atoms with Crippen molar-refractivity contribution in [3.8, 4) is 11.5 Å². The minimum Gasteiger partial charge on any atom is -0.493 e. The minimum absolute atomic E-state index is 0.398. The molecule has 0 fully saturated rings. The van der Waals surface area contributed by atoms with E-state index in [1.165, 1.54) is 13.3 Å². The van der Waals surface area contributed by atoms with Crippen LogP contribution in [0.5, 0.6) is 11.5 Å². The van der Waals surface area contributed by atoms with Gasteiger partial charge in [0.2, 0.25) is 0 Å². The van der Waals surface area contributed by atoms with Gasteiger partial charge in [-0.2, -0.15) is 0 Å². The molecule has 0 amide bonds. The van der Waals surface area contributed by atoms with Gasteiger partial charge in [0.05, 0.1) is 25.0 Å². The van der Waals surface area contributed by atoms with Crippen LogP contribution in [0.1, 0.15) is 19.4 Å². The lowest BCUT2D eigenvalue weighted by molar-refractivity contribution is 0.257. The molecule has 0 atom stereocenters. The van der Waals surface area contributed by atoms with Crippen LogP contribution in [0.25, 0.3) is 0 Å². The third-order valence-corrected chi connectivity index (χ3v) is 2.30. The van der Waals surface area contributed by atoms with Gasteiger partial charge >= 0.3 is 0 Å². The molecule has 1 N–H and O–H groups in total. The van der Waals surface area contributed by atoms with Crippen LogP contribution in [-0.2, 0) is 0 Å². The van der Waals surface area contributed by atoms with Crippen molar-refractivity contribution in [1.82, 2.24) is 0 Å². The molecule has 0 saturated heterocycles. The molecule has 0 aromatic heterocycles. The van der Waals surface area contributed by atoms with Crippen molar-refractivity contribution in [2.45, 2.75) is 13.8 Å². The Hall–Kier alpha value is -1.42. The highest BCUT2D eigenvalue weighted by Crippen LogP contribution is 2.36. The summed E-state index contributed by atoms with van der Waals surface area (Å²) in [6, 6.07) is 3.35. The molecule has 0 radical (unpaired) electrons. The van der Waals surface area contributed by atoms with Gasteiger partial charge in [0, 0.05) is 5.56 Å². The number of rotatable bonds is 5. The van der Waals surface area contributed by atoms with E-state index >= 15 is 0 Å². The second-order valence-electron chi connectivity index (χ2n) is 3.98. The van der Waals surface area contributed by atoms with E-state index in [0.29, 0.717) is 34.6 Å². The Morgan fingerprint density at radius 1 is 1.47 bits per heavy atom. The van der Waals surface area contributed by atoms with Gasteiger partial charge in [0.1, 0.15) is 0 Å². The summed E-state index contributed by atoms with van der Waals surface area (Å²) in [5, 5.41) is 11.9. The molecule has 94 valence electrons. The van der Waals surface area contributed by atoms with Crippen LogP contribution < -0.4 is 9.47 Å². The quantitative estimate of drug-likeness (QED) is 0.501. The van der Waals surface area contributed by atoms with Gasteiger partial charge in [-0.1, -0.05) is 30.6 Å². The highest BCUT2D eigenvalue weighted by Gasteiger charge is 2.12. The SMILES string of the molecule is COc1cc(/C=N/O)cc(Cl)c1OCC(C)C. The van der Waals surface area contributed by atoms with Crippen molar-refractivity contribution >= 4 is 17.8 Å². The van der Waals surface area contributed by atoms with Crippen LogP contribution in [0.15, 0.2) is 17.3 Å². The normalized spacial score (nSPS) is 11.1. The summed E-state index contributed by atoms with van der Waals surface area (Å²) >= 11 is 6.08. The molecule has 1 aromatic carbocycles. The number of nitrogens with zero attached hydrogens (tertiary/aromatic N) is 1. The van der Waals surface area contributed by atoms with Gasteiger partial charge in [-0.05, 0) is 18.1 Å². The number of hydrogen-bond donors (Lipinski definition) is 1. The molecule has 0 saturated carbocycles. The zero-order chi connectivity index (χ0) is 12.8. The molecule has 17 heavy (non-hydrogen) atoms. The number of benzene rings is 1. The molecular formula is C12H16ClNO3. The van der Waals surface area contributed by atoms with E-state index in [-0.39, 0.29) is 0 Å². The monoisotopic (exact) mass is 257 g/mol. The number of hydrogen-bond acceptors (Lipinski definition) is 4. The molecule has 0 unspecified atom stereocenters. The van der Waals surface area contributed by atoms with E-state index in [1.54, 1.807) is 12.1 Å². The Bertz CT molecular complexity index is 405. The van der Waals surface area contributed by atoms with Crippen molar-refractivity contribution in [2.75, 3.05) is 13.7 Å². The Morgan fingerprint density at radius 3 is 2.71 bits per heavy atom. The highest BCUT2D eigenvalue weighted by molar-refractivity contribution is 6.32. The summed E-state index contributed by atoms with van der Waals surface area (Å²) in [5.74, 6) is 1.43. The third-order valence-electron chi connectivity index (χ3n) is 2.02. The molecule has 0 aliphatic heterocycles. The van der Waals surface area contributed by atoms with Crippen LogP contribution in [0.3, 0.4) is 0 Å². The lowest BCUT2D eigenvalue weighted by atomic mass is 10.2. The van der Waals surface area contributed by atoms with Crippen LogP contribution in [0, 0.1) is 5.92 Å². The summed E-state index contributed by atoms with van der Waals surface area (Å²) in [7, 11) is 1.54. The van der Waals surface area contributed by atoms with E-state index in [2.05, 4.69) is 5.16 Å². The molecule has 5 heteroatoms. The molecule has 0 spiro atoms. The summed E-state index contributed by atoms with van der Waals surface area (Å²) in [6.45, 7) is 4.66. The Morgan fingerprint density at radius 2 is 2.18 bits per heavy atom. The second-order valence-corrected chi connectivity index (χ2v) is 4.39. The maximum atomic E-state index is 8.47. The molecule has 0 aliphatic carbocycles. The number of oxime groups is 1. The Labute approximate surface area is 106 Å². The Balaban J connectivity index is 3.03. The fourth-order valence-corrected chi connectivity index (χ4v) is 1.54.